The van der Waals surface area contributed by atoms with E-state index in [9.17, 15) is 4.79 Å². The van der Waals surface area contributed by atoms with Crippen LogP contribution in [-0.2, 0) is 18.1 Å². The minimum atomic E-state index is -2.27. The van der Waals surface area contributed by atoms with E-state index < -0.39 is 22.6 Å². The average Bonchev–Trinajstić information content (AvgIpc) is 3.20. The maximum atomic E-state index is 13.5. The van der Waals surface area contributed by atoms with Crippen molar-refractivity contribution in [3.05, 3.63) is 0 Å². The molecule has 0 amide bonds. The van der Waals surface area contributed by atoms with Gasteiger partial charge in [0.25, 0.3) is 14.3 Å². The smallest absolute Gasteiger partial charge is 0.402 e. The van der Waals surface area contributed by atoms with Crippen LogP contribution in [0.5, 0.6) is 0 Å². The molecule has 1 saturated carbocycles. The summed E-state index contributed by atoms with van der Waals surface area (Å²) < 4.78 is 17.9. The zero-order valence-corrected chi connectivity index (χ0v) is 20.3. The summed E-state index contributed by atoms with van der Waals surface area (Å²) in [6.45, 7) is 13.1. The highest BCUT2D eigenvalue weighted by Crippen LogP contribution is 2.53. The summed E-state index contributed by atoms with van der Waals surface area (Å²) in [6.07, 6.45) is 7.84. The highest BCUT2D eigenvalue weighted by Gasteiger charge is 2.57. The molecule has 3 atom stereocenters. The number of carbonyl (C=O) groups is 1. The second kappa shape index (κ2) is 10.4. The van der Waals surface area contributed by atoms with Gasteiger partial charge in [-0.25, -0.2) is 0 Å². The van der Waals surface area contributed by atoms with Gasteiger partial charge in [0.15, 0.2) is 0 Å². The lowest BCUT2D eigenvalue weighted by Crippen LogP contribution is -2.54. The molecule has 0 saturated heterocycles. The molecule has 0 bridgehead atoms. The van der Waals surface area contributed by atoms with E-state index in [1.54, 1.807) is 14.2 Å². The van der Waals surface area contributed by atoms with Crippen molar-refractivity contribution >= 4 is 23.6 Å². The summed E-state index contributed by atoms with van der Waals surface area (Å²) in [5.74, 6) is -0.0724. The molecular formula is C20H41O4Si2. The van der Waals surface area contributed by atoms with Gasteiger partial charge < -0.3 is 13.3 Å². The topological polar surface area (TPSA) is 44.8 Å². The molecule has 1 rings (SSSR count). The lowest BCUT2D eigenvalue weighted by molar-refractivity contribution is -0.140. The second-order valence-electron chi connectivity index (χ2n) is 8.22. The third-order valence-corrected chi connectivity index (χ3v) is 15.5. The van der Waals surface area contributed by atoms with Crippen molar-refractivity contribution in [1.82, 2.24) is 0 Å². The fourth-order valence-corrected chi connectivity index (χ4v) is 12.7. The first kappa shape index (κ1) is 23.9. The molecule has 0 N–H and O–H groups in total. The number of hydrogen-bond donors (Lipinski definition) is 0. The molecule has 0 aromatic carbocycles. The van der Waals surface area contributed by atoms with Crippen molar-refractivity contribution in [2.24, 2.45) is 0 Å². The molecule has 0 aromatic heterocycles. The maximum absolute atomic E-state index is 13.5. The van der Waals surface area contributed by atoms with Crippen molar-refractivity contribution in [2.45, 2.75) is 108 Å². The lowest BCUT2D eigenvalue weighted by Gasteiger charge is -2.46. The Balaban J connectivity index is 3.31. The Labute approximate surface area is 164 Å². The van der Waals surface area contributed by atoms with Crippen LogP contribution < -0.4 is 0 Å². The quantitative estimate of drug-likeness (QED) is 0.400. The van der Waals surface area contributed by atoms with Crippen molar-refractivity contribution in [2.75, 3.05) is 14.2 Å². The van der Waals surface area contributed by atoms with Crippen LogP contribution in [0, 0.1) is 0 Å². The van der Waals surface area contributed by atoms with E-state index >= 15 is 0 Å². The van der Waals surface area contributed by atoms with E-state index in [0.29, 0.717) is 23.0 Å². The van der Waals surface area contributed by atoms with Gasteiger partial charge in [0.05, 0.1) is 0 Å². The maximum Gasteiger partial charge on any atom is 0.402 e. The van der Waals surface area contributed by atoms with Crippen molar-refractivity contribution in [1.29, 1.82) is 0 Å². The molecule has 0 heterocycles. The molecule has 1 radical (unpaired) electrons. The first-order chi connectivity index (χ1) is 12.3. The molecule has 3 unspecified atom stereocenters. The highest BCUT2D eigenvalue weighted by atomic mass is 28.4. The minimum absolute atomic E-state index is 0.0724. The Morgan fingerprint density at radius 2 is 1.54 bits per heavy atom. The van der Waals surface area contributed by atoms with Gasteiger partial charge in [-0.2, -0.15) is 0 Å². The van der Waals surface area contributed by atoms with E-state index in [-0.39, 0.29) is 5.97 Å². The third kappa shape index (κ3) is 4.45. The van der Waals surface area contributed by atoms with Crippen LogP contribution in [0.4, 0.5) is 0 Å². The van der Waals surface area contributed by atoms with Crippen LogP contribution >= 0.6 is 0 Å². The van der Waals surface area contributed by atoms with Gasteiger partial charge in [-0.1, -0.05) is 60.3 Å². The van der Waals surface area contributed by atoms with Crippen LogP contribution in [0.25, 0.3) is 0 Å². The molecule has 1 fully saturated rings. The largest absolute Gasteiger partial charge is 0.518 e. The molecule has 0 aliphatic heterocycles. The van der Waals surface area contributed by atoms with Crippen LogP contribution in [0.3, 0.4) is 0 Å². The first-order valence-corrected chi connectivity index (χ1v) is 13.9. The number of hydrogen-bond acceptors (Lipinski definition) is 4. The zero-order chi connectivity index (χ0) is 20.0. The summed E-state index contributed by atoms with van der Waals surface area (Å²) in [4.78, 5) is 13.5. The van der Waals surface area contributed by atoms with Crippen LogP contribution in [-0.4, -0.2) is 37.8 Å². The van der Waals surface area contributed by atoms with Crippen molar-refractivity contribution in [3.8, 4) is 0 Å². The van der Waals surface area contributed by atoms with Crippen molar-refractivity contribution in [3.63, 3.8) is 0 Å². The van der Waals surface area contributed by atoms with E-state index in [0.717, 1.165) is 12.8 Å². The number of rotatable bonds is 11. The van der Waals surface area contributed by atoms with Gasteiger partial charge in [-0.05, 0) is 42.8 Å². The first-order valence-electron chi connectivity index (χ1n) is 10.5. The SMILES string of the molecule is CCC(C)[Si](OC(=O)C(C)(CC)[Si](OC)OC)(C(C)CC)C1CCCC1. The molecule has 4 nitrogen and oxygen atoms in total. The summed E-state index contributed by atoms with van der Waals surface area (Å²) in [5, 5.41) is -0.675. The van der Waals surface area contributed by atoms with Gasteiger partial charge in [0.2, 0.25) is 0 Å². The highest BCUT2D eigenvalue weighted by molar-refractivity contribution is 6.79. The van der Waals surface area contributed by atoms with Gasteiger partial charge in [0, 0.05) is 14.2 Å². The molecule has 0 aromatic rings. The van der Waals surface area contributed by atoms with Crippen LogP contribution in [0.15, 0.2) is 0 Å². The Morgan fingerprint density at radius 1 is 1.08 bits per heavy atom. The molecule has 0 spiro atoms. The number of carbonyl (C=O) groups excluding carboxylic acids is 1. The fraction of sp³-hybridized carbons (Fsp3) is 0.950. The van der Waals surface area contributed by atoms with E-state index in [1.165, 1.54) is 25.7 Å². The van der Waals surface area contributed by atoms with Gasteiger partial charge in [-0.15, -0.1) is 0 Å². The standard InChI is InChI=1S/C20H41O4Si2/c1-9-16(4)26(17(5)10-2,18-14-12-13-15-18)24-19(21)20(6,11-3)25(22-7)23-8/h16-18H,9-15H2,1-8H3. The van der Waals surface area contributed by atoms with E-state index in [4.69, 9.17) is 13.3 Å². The molecule has 1 aliphatic carbocycles. The summed E-state index contributed by atoms with van der Waals surface area (Å²) in [5.41, 5.74) is 1.55. The molecule has 6 heteroatoms. The van der Waals surface area contributed by atoms with Gasteiger partial charge in [-0.3, -0.25) is 4.79 Å². The van der Waals surface area contributed by atoms with Crippen LogP contribution in [0.2, 0.25) is 21.7 Å². The van der Waals surface area contributed by atoms with Gasteiger partial charge >= 0.3 is 9.28 Å². The Hall–Kier alpha value is -0.176. The summed E-state index contributed by atoms with van der Waals surface area (Å²) >= 11 is 0. The lowest BCUT2D eigenvalue weighted by atomic mass is 10.1. The fourth-order valence-electron chi connectivity index (χ4n) is 4.77. The van der Waals surface area contributed by atoms with E-state index in [2.05, 4.69) is 27.7 Å². The molecule has 1 aliphatic rings. The Morgan fingerprint density at radius 3 is 1.88 bits per heavy atom. The molecular weight excluding hydrogens is 360 g/mol. The predicted octanol–water partition coefficient (Wildman–Crippen LogP) is 5.97. The normalized spacial score (nSPS) is 22.7. The second-order valence-corrected chi connectivity index (χ2v) is 15.4. The Kier molecular flexibility index (Phi) is 9.54. The average molecular weight is 402 g/mol. The molecule has 26 heavy (non-hydrogen) atoms. The Bertz CT molecular complexity index is 426. The summed E-state index contributed by atoms with van der Waals surface area (Å²) in [6, 6.07) is 0. The third-order valence-electron chi connectivity index (χ3n) is 7.01. The summed E-state index contributed by atoms with van der Waals surface area (Å²) in [7, 11) is -0.709. The monoisotopic (exact) mass is 401 g/mol. The molecule has 153 valence electrons. The van der Waals surface area contributed by atoms with Crippen LogP contribution in [0.1, 0.15) is 86.5 Å². The predicted molar refractivity (Wildman–Crippen MR) is 112 cm³/mol. The minimum Gasteiger partial charge on any atom is -0.518 e. The van der Waals surface area contributed by atoms with E-state index in [1.807, 2.05) is 13.8 Å². The van der Waals surface area contributed by atoms with Gasteiger partial charge in [0.1, 0.15) is 5.04 Å². The zero-order valence-electron chi connectivity index (χ0n) is 18.3. The van der Waals surface area contributed by atoms with Crippen molar-refractivity contribution < 1.29 is 18.1 Å².